The van der Waals surface area contributed by atoms with Gasteiger partial charge in [-0.05, 0) is 25.1 Å². The first-order valence-electron chi connectivity index (χ1n) is 4.91. The van der Waals surface area contributed by atoms with E-state index in [1.54, 1.807) is 12.1 Å². The number of halogens is 1. The van der Waals surface area contributed by atoms with Crippen molar-refractivity contribution in [2.45, 2.75) is 6.92 Å². The van der Waals surface area contributed by atoms with E-state index in [0.29, 0.717) is 23.1 Å². The Morgan fingerprint density at radius 1 is 1.31 bits per heavy atom. The third-order valence-corrected chi connectivity index (χ3v) is 2.43. The lowest BCUT2D eigenvalue weighted by Crippen LogP contribution is -1.93. The van der Waals surface area contributed by atoms with Crippen molar-refractivity contribution in [2.24, 2.45) is 0 Å². The van der Waals surface area contributed by atoms with Gasteiger partial charge < -0.3 is 4.74 Å². The molecular weight excluding hydrogens is 228 g/mol. The minimum atomic E-state index is -0.167. The van der Waals surface area contributed by atoms with E-state index in [0.717, 1.165) is 5.56 Å². The second kappa shape index (κ2) is 4.45. The van der Waals surface area contributed by atoms with Crippen LogP contribution in [0.5, 0.6) is 5.75 Å². The van der Waals surface area contributed by atoms with Gasteiger partial charge in [-0.15, -0.1) is 0 Å². The number of H-pyrrole nitrogens is 2. The van der Waals surface area contributed by atoms with Crippen molar-refractivity contribution in [1.29, 1.82) is 0 Å². The van der Waals surface area contributed by atoms with Crippen LogP contribution in [0.25, 0.3) is 11.3 Å². The lowest BCUT2D eigenvalue weighted by molar-refractivity contribution is 0.340. The molecule has 0 aliphatic rings. The van der Waals surface area contributed by atoms with Crippen molar-refractivity contribution >= 4 is 11.6 Å². The number of aromatic amines is 2. The topological polar surface area (TPSA) is 57.9 Å². The summed E-state index contributed by atoms with van der Waals surface area (Å²) in [6.07, 6.45) is 0. The molecule has 84 valence electrons. The molecular formula is C11H11ClN2O2. The fourth-order valence-corrected chi connectivity index (χ4v) is 1.66. The highest BCUT2D eigenvalue weighted by molar-refractivity contribution is 6.32. The van der Waals surface area contributed by atoms with E-state index in [1.807, 2.05) is 13.0 Å². The first kappa shape index (κ1) is 10.8. The Balaban J connectivity index is 2.37. The van der Waals surface area contributed by atoms with Gasteiger partial charge in [0.15, 0.2) is 0 Å². The van der Waals surface area contributed by atoms with Gasteiger partial charge in [-0.2, -0.15) is 0 Å². The average molecular weight is 239 g/mol. The molecule has 0 bridgehead atoms. The molecule has 2 rings (SSSR count). The van der Waals surface area contributed by atoms with Gasteiger partial charge >= 0.3 is 0 Å². The quantitative estimate of drug-likeness (QED) is 0.863. The highest BCUT2D eigenvalue weighted by Gasteiger charge is 2.05. The predicted octanol–water partition coefficient (Wildman–Crippen LogP) is 2.42. The van der Waals surface area contributed by atoms with Crippen LogP contribution < -0.4 is 10.3 Å². The van der Waals surface area contributed by atoms with Crippen molar-refractivity contribution in [2.75, 3.05) is 6.61 Å². The number of benzene rings is 1. The lowest BCUT2D eigenvalue weighted by Gasteiger charge is -2.06. The van der Waals surface area contributed by atoms with Gasteiger partial charge in [0.05, 0.1) is 17.3 Å². The smallest absolute Gasteiger partial charge is 0.264 e. The van der Waals surface area contributed by atoms with Crippen molar-refractivity contribution in [1.82, 2.24) is 10.2 Å². The molecule has 1 aromatic heterocycles. The molecule has 0 fully saturated rings. The third-order valence-electron chi connectivity index (χ3n) is 2.14. The number of hydrogen-bond acceptors (Lipinski definition) is 2. The fraction of sp³-hybridized carbons (Fsp3) is 0.182. The molecule has 0 spiro atoms. The Kier molecular flexibility index (Phi) is 3.01. The largest absolute Gasteiger partial charge is 0.492 e. The molecule has 16 heavy (non-hydrogen) atoms. The maximum Gasteiger partial charge on any atom is 0.264 e. The summed E-state index contributed by atoms with van der Waals surface area (Å²) >= 11 is 6.04. The van der Waals surface area contributed by atoms with Crippen LogP contribution in [0.1, 0.15) is 6.92 Å². The second-order valence-corrected chi connectivity index (χ2v) is 3.66. The molecule has 0 aliphatic heterocycles. The van der Waals surface area contributed by atoms with Crippen LogP contribution in [-0.2, 0) is 0 Å². The molecule has 0 amide bonds. The van der Waals surface area contributed by atoms with Gasteiger partial charge in [0.2, 0.25) is 0 Å². The Morgan fingerprint density at radius 2 is 2.12 bits per heavy atom. The Bertz CT molecular complexity index is 545. The van der Waals surface area contributed by atoms with Crippen molar-refractivity contribution < 1.29 is 4.74 Å². The van der Waals surface area contributed by atoms with Crippen LogP contribution >= 0.6 is 11.6 Å². The summed E-state index contributed by atoms with van der Waals surface area (Å²) in [5.74, 6) is 0.644. The van der Waals surface area contributed by atoms with E-state index in [2.05, 4.69) is 10.2 Å². The zero-order valence-electron chi connectivity index (χ0n) is 8.71. The van der Waals surface area contributed by atoms with Crippen molar-refractivity contribution in [3.8, 4) is 17.0 Å². The number of aromatic nitrogens is 2. The Morgan fingerprint density at radius 3 is 2.69 bits per heavy atom. The molecule has 0 unspecified atom stereocenters. The third kappa shape index (κ3) is 2.12. The van der Waals surface area contributed by atoms with E-state index in [9.17, 15) is 4.79 Å². The van der Waals surface area contributed by atoms with Gasteiger partial charge in [0, 0.05) is 11.6 Å². The lowest BCUT2D eigenvalue weighted by atomic mass is 10.1. The Hall–Kier alpha value is -1.68. The van der Waals surface area contributed by atoms with Gasteiger partial charge in [0.1, 0.15) is 5.75 Å². The van der Waals surface area contributed by atoms with Crippen LogP contribution in [0, 0.1) is 0 Å². The normalized spacial score (nSPS) is 10.4. The molecule has 2 N–H and O–H groups in total. The van der Waals surface area contributed by atoms with Crippen LogP contribution in [0.15, 0.2) is 29.1 Å². The van der Waals surface area contributed by atoms with Crippen LogP contribution in [0.4, 0.5) is 0 Å². The summed E-state index contributed by atoms with van der Waals surface area (Å²) < 4.78 is 5.32. The molecule has 1 aromatic carbocycles. The second-order valence-electron chi connectivity index (χ2n) is 3.25. The first-order valence-corrected chi connectivity index (χ1v) is 5.29. The zero-order chi connectivity index (χ0) is 11.5. The van der Waals surface area contributed by atoms with E-state index in [1.165, 1.54) is 6.07 Å². The molecule has 0 radical (unpaired) electrons. The van der Waals surface area contributed by atoms with Crippen LogP contribution in [-0.4, -0.2) is 16.8 Å². The summed E-state index contributed by atoms with van der Waals surface area (Å²) in [7, 11) is 0. The first-order chi connectivity index (χ1) is 7.70. The summed E-state index contributed by atoms with van der Waals surface area (Å²) in [6, 6.07) is 6.86. The Labute approximate surface area is 97.2 Å². The molecule has 0 aliphatic carbocycles. The fourth-order valence-electron chi connectivity index (χ4n) is 1.43. The highest BCUT2D eigenvalue weighted by Crippen LogP contribution is 2.29. The molecule has 0 atom stereocenters. The molecule has 0 saturated carbocycles. The number of nitrogens with one attached hydrogen (secondary N) is 2. The molecule has 2 aromatic rings. The summed E-state index contributed by atoms with van der Waals surface area (Å²) in [4.78, 5) is 11.0. The van der Waals surface area contributed by atoms with Gasteiger partial charge in [-0.1, -0.05) is 11.6 Å². The van der Waals surface area contributed by atoms with Gasteiger partial charge in [-0.25, -0.2) is 0 Å². The number of ether oxygens (including phenoxy) is 1. The average Bonchev–Trinajstić information content (AvgIpc) is 2.68. The van der Waals surface area contributed by atoms with Crippen LogP contribution in [0.3, 0.4) is 0 Å². The maximum atomic E-state index is 11.0. The molecule has 0 saturated heterocycles. The molecule has 5 heteroatoms. The van der Waals surface area contributed by atoms with E-state index < -0.39 is 0 Å². The summed E-state index contributed by atoms with van der Waals surface area (Å²) in [6.45, 7) is 2.47. The monoisotopic (exact) mass is 238 g/mol. The van der Waals surface area contributed by atoms with Crippen molar-refractivity contribution in [3.05, 3.63) is 39.6 Å². The van der Waals surface area contributed by atoms with Gasteiger partial charge in [0.25, 0.3) is 5.56 Å². The molecule has 1 heterocycles. The summed E-state index contributed by atoms with van der Waals surface area (Å²) in [5, 5.41) is 5.76. The molecule has 4 nitrogen and oxygen atoms in total. The summed E-state index contributed by atoms with van der Waals surface area (Å²) in [5.41, 5.74) is 1.38. The van der Waals surface area contributed by atoms with Gasteiger partial charge in [-0.3, -0.25) is 15.0 Å². The van der Waals surface area contributed by atoms with Crippen molar-refractivity contribution in [3.63, 3.8) is 0 Å². The zero-order valence-corrected chi connectivity index (χ0v) is 9.47. The highest BCUT2D eigenvalue weighted by atomic mass is 35.5. The number of hydrogen-bond donors (Lipinski definition) is 2. The number of rotatable bonds is 3. The standard InChI is InChI=1S/C11H11ClN2O2/c1-2-16-10-4-3-7(5-8(10)12)9-6-11(15)14-13-9/h3-6H,2H2,1H3,(H2,13,14,15). The predicted molar refractivity (Wildman–Crippen MR) is 63.0 cm³/mol. The minimum Gasteiger partial charge on any atom is -0.492 e. The van der Waals surface area contributed by atoms with E-state index in [-0.39, 0.29) is 5.56 Å². The minimum absolute atomic E-state index is 0.167. The van der Waals surface area contributed by atoms with E-state index >= 15 is 0 Å². The van der Waals surface area contributed by atoms with E-state index in [4.69, 9.17) is 16.3 Å². The van der Waals surface area contributed by atoms with Crippen LogP contribution in [0.2, 0.25) is 5.02 Å². The maximum absolute atomic E-state index is 11.0. The SMILES string of the molecule is CCOc1ccc(-c2cc(=O)[nH][nH]2)cc1Cl.